The van der Waals surface area contributed by atoms with E-state index in [0.717, 1.165) is 39.4 Å². The third kappa shape index (κ3) is 4.66. The number of hydrogen-bond donors (Lipinski definition) is 1. The van der Waals surface area contributed by atoms with Gasteiger partial charge in [0.05, 0.1) is 17.6 Å². The molecule has 35 heavy (non-hydrogen) atoms. The Morgan fingerprint density at radius 2 is 1.77 bits per heavy atom. The Morgan fingerprint density at radius 1 is 1.00 bits per heavy atom. The van der Waals surface area contributed by atoms with Gasteiger partial charge in [-0.05, 0) is 67.8 Å². The SMILES string of the molecule is Cc1ccc(OC[C@@H](O)Cn2c([C@@H]3CC(=O)N(c4ccccc4C)C3)nc3ccccc32)cc1C. The summed E-state index contributed by atoms with van der Waals surface area (Å²) in [7, 11) is 0. The van der Waals surface area contributed by atoms with Gasteiger partial charge in [-0.25, -0.2) is 4.98 Å². The average molecular weight is 470 g/mol. The molecule has 2 atom stereocenters. The molecule has 2 heterocycles. The maximum atomic E-state index is 13.0. The van der Waals surface area contributed by atoms with Gasteiger partial charge < -0.3 is 19.3 Å². The Labute approximate surface area is 205 Å². The lowest BCUT2D eigenvalue weighted by molar-refractivity contribution is -0.117. The fourth-order valence-corrected chi connectivity index (χ4v) is 4.84. The lowest BCUT2D eigenvalue weighted by Gasteiger charge is -2.20. The standard InChI is InChI=1S/C29H31N3O3/c1-19-12-13-24(14-21(19)3)35-18-23(33)17-32-27-11-7-5-9-25(27)30-29(32)22-15-28(34)31(16-22)26-10-6-4-8-20(26)2/h4-14,22-23,33H,15-18H2,1-3H3/t22-,23+/m1/s1. The first-order valence-electron chi connectivity index (χ1n) is 12.1. The van der Waals surface area contributed by atoms with Crippen molar-refractivity contribution >= 4 is 22.6 Å². The number of aliphatic hydroxyl groups is 1. The Balaban J connectivity index is 1.38. The van der Waals surface area contributed by atoms with Gasteiger partial charge in [0.15, 0.2) is 0 Å². The number of aromatic nitrogens is 2. The van der Waals surface area contributed by atoms with E-state index in [-0.39, 0.29) is 18.4 Å². The number of amides is 1. The second-order valence-electron chi connectivity index (χ2n) is 9.47. The number of carbonyl (C=O) groups excluding carboxylic acids is 1. The minimum Gasteiger partial charge on any atom is -0.491 e. The highest BCUT2D eigenvalue weighted by Gasteiger charge is 2.35. The van der Waals surface area contributed by atoms with Gasteiger partial charge >= 0.3 is 0 Å². The number of aryl methyl sites for hydroxylation is 3. The third-order valence-electron chi connectivity index (χ3n) is 6.89. The maximum absolute atomic E-state index is 13.0. The second-order valence-corrected chi connectivity index (χ2v) is 9.47. The molecule has 3 aromatic carbocycles. The number of benzene rings is 3. The van der Waals surface area contributed by atoms with Crippen LogP contribution in [-0.4, -0.2) is 39.8 Å². The van der Waals surface area contributed by atoms with Crippen molar-refractivity contribution in [2.75, 3.05) is 18.1 Å². The van der Waals surface area contributed by atoms with Gasteiger partial charge in [-0.2, -0.15) is 0 Å². The van der Waals surface area contributed by atoms with E-state index in [2.05, 4.69) is 11.5 Å². The van der Waals surface area contributed by atoms with Crippen LogP contribution in [0.4, 0.5) is 5.69 Å². The molecule has 5 rings (SSSR count). The lowest BCUT2D eigenvalue weighted by Crippen LogP contribution is -2.27. The molecule has 1 amide bonds. The first-order chi connectivity index (χ1) is 16.9. The number of para-hydroxylation sites is 3. The zero-order chi connectivity index (χ0) is 24.5. The summed E-state index contributed by atoms with van der Waals surface area (Å²) in [6.07, 6.45) is -0.329. The fourth-order valence-electron chi connectivity index (χ4n) is 4.84. The average Bonchev–Trinajstić information content (AvgIpc) is 3.41. The second kappa shape index (κ2) is 9.55. The molecular weight excluding hydrogens is 438 g/mol. The van der Waals surface area contributed by atoms with Crippen molar-refractivity contribution in [1.29, 1.82) is 0 Å². The summed E-state index contributed by atoms with van der Waals surface area (Å²) in [5.41, 5.74) is 6.21. The molecule has 1 fully saturated rings. The van der Waals surface area contributed by atoms with E-state index in [4.69, 9.17) is 9.72 Å². The Bertz CT molecular complexity index is 1380. The van der Waals surface area contributed by atoms with Gasteiger partial charge in [0, 0.05) is 24.6 Å². The molecule has 4 aromatic rings. The maximum Gasteiger partial charge on any atom is 0.227 e. The zero-order valence-corrected chi connectivity index (χ0v) is 20.4. The summed E-state index contributed by atoms with van der Waals surface area (Å²) in [6.45, 7) is 7.22. The van der Waals surface area contributed by atoms with Gasteiger partial charge in [0.1, 0.15) is 24.3 Å². The number of ether oxygens (including phenoxy) is 1. The Morgan fingerprint density at radius 3 is 2.57 bits per heavy atom. The summed E-state index contributed by atoms with van der Waals surface area (Å²) >= 11 is 0. The van der Waals surface area contributed by atoms with Crippen molar-refractivity contribution in [2.24, 2.45) is 0 Å². The van der Waals surface area contributed by atoms with Crippen molar-refractivity contribution in [3.63, 3.8) is 0 Å². The number of rotatable bonds is 7. The van der Waals surface area contributed by atoms with Crippen LogP contribution in [0.2, 0.25) is 0 Å². The van der Waals surface area contributed by atoms with E-state index >= 15 is 0 Å². The van der Waals surface area contributed by atoms with Crippen molar-refractivity contribution in [3.8, 4) is 5.75 Å². The molecule has 1 aliphatic rings. The van der Waals surface area contributed by atoms with Crippen LogP contribution in [0.1, 0.15) is 34.9 Å². The van der Waals surface area contributed by atoms with Gasteiger partial charge in [0.2, 0.25) is 5.91 Å². The topological polar surface area (TPSA) is 67.6 Å². The van der Waals surface area contributed by atoms with Gasteiger partial charge in [0.25, 0.3) is 0 Å². The molecule has 1 saturated heterocycles. The van der Waals surface area contributed by atoms with Crippen molar-refractivity contribution in [2.45, 2.75) is 45.8 Å². The predicted molar refractivity (Wildman–Crippen MR) is 138 cm³/mol. The smallest absolute Gasteiger partial charge is 0.227 e. The van der Waals surface area contributed by atoms with Crippen molar-refractivity contribution in [1.82, 2.24) is 9.55 Å². The van der Waals surface area contributed by atoms with Crippen LogP contribution in [0, 0.1) is 20.8 Å². The molecule has 1 N–H and O–H groups in total. The molecule has 0 spiro atoms. The van der Waals surface area contributed by atoms with Crippen LogP contribution in [0.15, 0.2) is 66.7 Å². The van der Waals surface area contributed by atoms with Crippen LogP contribution in [0.25, 0.3) is 11.0 Å². The highest BCUT2D eigenvalue weighted by molar-refractivity contribution is 5.97. The van der Waals surface area contributed by atoms with E-state index in [0.29, 0.717) is 19.5 Å². The summed E-state index contributed by atoms with van der Waals surface area (Å²) in [6, 6.07) is 21.8. The largest absolute Gasteiger partial charge is 0.491 e. The Hall–Kier alpha value is -3.64. The highest BCUT2D eigenvalue weighted by atomic mass is 16.5. The number of imidazole rings is 1. The van der Waals surface area contributed by atoms with E-state index < -0.39 is 6.10 Å². The normalized spacial score (nSPS) is 16.7. The van der Waals surface area contributed by atoms with Gasteiger partial charge in [-0.3, -0.25) is 4.79 Å². The molecule has 6 heteroatoms. The number of anilines is 1. The summed E-state index contributed by atoms with van der Waals surface area (Å²) in [5, 5.41) is 10.9. The molecule has 0 aliphatic carbocycles. The molecule has 0 bridgehead atoms. The first-order valence-corrected chi connectivity index (χ1v) is 12.1. The number of nitrogens with zero attached hydrogens (tertiary/aromatic N) is 3. The summed E-state index contributed by atoms with van der Waals surface area (Å²) in [4.78, 5) is 19.8. The first kappa shape index (κ1) is 23.1. The molecular formula is C29H31N3O3. The number of carbonyl (C=O) groups is 1. The molecule has 1 aliphatic heterocycles. The summed E-state index contributed by atoms with van der Waals surface area (Å²) in [5.74, 6) is 1.63. The van der Waals surface area contributed by atoms with Crippen LogP contribution >= 0.6 is 0 Å². The van der Waals surface area contributed by atoms with Gasteiger partial charge in [-0.15, -0.1) is 0 Å². The number of hydrogen-bond acceptors (Lipinski definition) is 4. The third-order valence-corrected chi connectivity index (χ3v) is 6.89. The molecule has 0 saturated carbocycles. The highest BCUT2D eigenvalue weighted by Crippen LogP contribution is 2.34. The van der Waals surface area contributed by atoms with Crippen molar-refractivity contribution in [3.05, 3.63) is 89.2 Å². The predicted octanol–water partition coefficient (Wildman–Crippen LogP) is 4.92. The van der Waals surface area contributed by atoms with Gasteiger partial charge in [-0.1, -0.05) is 36.4 Å². The van der Waals surface area contributed by atoms with E-state index in [9.17, 15) is 9.90 Å². The number of fused-ring (bicyclic) bond motifs is 1. The van der Waals surface area contributed by atoms with E-state index in [1.807, 2.05) is 85.5 Å². The van der Waals surface area contributed by atoms with Crippen LogP contribution in [0.3, 0.4) is 0 Å². The minimum absolute atomic E-state index is 0.0534. The minimum atomic E-state index is -0.724. The van der Waals surface area contributed by atoms with E-state index in [1.165, 1.54) is 5.56 Å². The van der Waals surface area contributed by atoms with Crippen LogP contribution in [-0.2, 0) is 11.3 Å². The molecule has 180 valence electrons. The Kier molecular flexibility index (Phi) is 6.31. The monoisotopic (exact) mass is 469 g/mol. The molecule has 6 nitrogen and oxygen atoms in total. The van der Waals surface area contributed by atoms with Crippen molar-refractivity contribution < 1.29 is 14.6 Å². The van der Waals surface area contributed by atoms with Crippen LogP contribution in [0.5, 0.6) is 5.75 Å². The molecule has 0 unspecified atom stereocenters. The number of aliphatic hydroxyl groups excluding tert-OH is 1. The lowest BCUT2D eigenvalue weighted by atomic mass is 10.1. The van der Waals surface area contributed by atoms with Crippen LogP contribution < -0.4 is 9.64 Å². The quantitative estimate of drug-likeness (QED) is 0.417. The zero-order valence-electron chi connectivity index (χ0n) is 20.4. The fraction of sp³-hybridized carbons (Fsp3) is 0.310. The molecule has 1 aromatic heterocycles. The van der Waals surface area contributed by atoms with E-state index in [1.54, 1.807) is 0 Å². The molecule has 0 radical (unpaired) electrons. The summed E-state index contributed by atoms with van der Waals surface area (Å²) < 4.78 is 7.95.